The molecule has 3 nitrogen and oxygen atoms in total. The third kappa shape index (κ3) is 6.89. The van der Waals surface area contributed by atoms with Crippen LogP contribution < -0.4 is 0 Å². The van der Waals surface area contributed by atoms with Crippen LogP contribution in [-0.4, -0.2) is 24.8 Å². The fourth-order valence-corrected chi connectivity index (χ4v) is 1.54. The molecule has 0 saturated carbocycles. The third-order valence-corrected chi connectivity index (χ3v) is 2.59. The maximum Gasteiger partial charge on any atom is 0.305 e. The molecule has 0 amide bonds. The van der Waals surface area contributed by atoms with Gasteiger partial charge in [-0.3, -0.25) is 4.79 Å². The number of carbonyl (C=O) groups is 1. The lowest BCUT2D eigenvalue weighted by molar-refractivity contribution is -0.140. The van der Waals surface area contributed by atoms with E-state index in [4.69, 9.17) is 5.11 Å². The van der Waals surface area contributed by atoms with E-state index >= 15 is 0 Å². The second kappa shape index (κ2) is 9.00. The first-order valence-electron chi connectivity index (χ1n) is 5.42. The SMILES string of the molecule is CC[C@H](CCO)CCCCC(=O)OC. The van der Waals surface area contributed by atoms with Gasteiger partial charge in [-0.1, -0.05) is 26.2 Å². The van der Waals surface area contributed by atoms with E-state index in [2.05, 4.69) is 11.7 Å². The van der Waals surface area contributed by atoms with Crippen molar-refractivity contribution in [2.24, 2.45) is 5.92 Å². The summed E-state index contributed by atoms with van der Waals surface area (Å²) in [5.41, 5.74) is 0. The lowest BCUT2D eigenvalue weighted by atomic mass is 9.96. The highest BCUT2D eigenvalue weighted by atomic mass is 16.5. The Morgan fingerprint density at radius 1 is 1.36 bits per heavy atom. The van der Waals surface area contributed by atoms with E-state index < -0.39 is 0 Å². The predicted octanol–water partition coefficient (Wildman–Crippen LogP) is 2.13. The van der Waals surface area contributed by atoms with Gasteiger partial charge in [0.1, 0.15) is 0 Å². The first kappa shape index (κ1) is 13.4. The smallest absolute Gasteiger partial charge is 0.305 e. The summed E-state index contributed by atoms with van der Waals surface area (Å²) in [6.07, 6.45) is 5.57. The van der Waals surface area contributed by atoms with Crippen molar-refractivity contribution in [3.05, 3.63) is 0 Å². The summed E-state index contributed by atoms with van der Waals surface area (Å²) < 4.78 is 4.55. The molecule has 1 atom stereocenters. The topological polar surface area (TPSA) is 46.5 Å². The molecule has 84 valence electrons. The summed E-state index contributed by atoms with van der Waals surface area (Å²) in [5, 5.41) is 8.78. The van der Waals surface area contributed by atoms with Gasteiger partial charge in [0.05, 0.1) is 7.11 Å². The highest BCUT2D eigenvalue weighted by molar-refractivity contribution is 5.68. The van der Waals surface area contributed by atoms with Crippen LogP contribution in [0.15, 0.2) is 0 Å². The number of aliphatic hydroxyl groups excluding tert-OH is 1. The number of unbranched alkanes of at least 4 members (excludes halogenated alkanes) is 1. The molecule has 14 heavy (non-hydrogen) atoms. The Bertz CT molecular complexity index is 145. The zero-order valence-electron chi connectivity index (χ0n) is 9.29. The highest BCUT2D eigenvalue weighted by Crippen LogP contribution is 2.16. The Kier molecular flexibility index (Phi) is 8.64. The van der Waals surface area contributed by atoms with Gasteiger partial charge in [-0.05, 0) is 18.8 Å². The second-order valence-corrected chi connectivity index (χ2v) is 3.61. The lowest BCUT2D eigenvalue weighted by Crippen LogP contribution is -2.03. The molecule has 0 unspecified atom stereocenters. The number of carbonyl (C=O) groups excluding carboxylic acids is 1. The molecule has 0 aromatic heterocycles. The molecule has 0 aromatic carbocycles. The monoisotopic (exact) mass is 202 g/mol. The summed E-state index contributed by atoms with van der Waals surface area (Å²) in [5.74, 6) is 0.484. The largest absolute Gasteiger partial charge is 0.469 e. The first-order chi connectivity index (χ1) is 6.74. The van der Waals surface area contributed by atoms with Crippen molar-refractivity contribution in [2.45, 2.75) is 45.4 Å². The highest BCUT2D eigenvalue weighted by Gasteiger charge is 2.06. The van der Waals surface area contributed by atoms with Crippen LogP contribution in [0.1, 0.15) is 45.4 Å². The van der Waals surface area contributed by atoms with Crippen LogP contribution in [0, 0.1) is 5.92 Å². The third-order valence-electron chi connectivity index (χ3n) is 2.59. The van der Waals surface area contributed by atoms with Crippen LogP contribution in [0.25, 0.3) is 0 Å². The van der Waals surface area contributed by atoms with Gasteiger partial charge in [-0.25, -0.2) is 0 Å². The predicted molar refractivity (Wildman–Crippen MR) is 56.0 cm³/mol. The molecule has 0 spiro atoms. The maximum atomic E-state index is 10.8. The standard InChI is InChI=1S/C11H22O3/c1-3-10(8-9-12)6-4-5-7-11(13)14-2/h10,12H,3-9H2,1-2H3/t10-/m0/s1. The van der Waals surface area contributed by atoms with Crippen LogP contribution in [0.5, 0.6) is 0 Å². The molecule has 0 radical (unpaired) electrons. The maximum absolute atomic E-state index is 10.8. The number of esters is 1. The van der Waals surface area contributed by atoms with Crippen LogP contribution in [-0.2, 0) is 9.53 Å². The van der Waals surface area contributed by atoms with E-state index in [0.29, 0.717) is 12.3 Å². The van der Waals surface area contributed by atoms with Crippen molar-refractivity contribution < 1.29 is 14.6 Å². The molecule has 0 bridgehead atoms. The Balaban J connectivity index is 3.37. The molecule has 0 rings (SSSR count). The van der Waals surface area contributed by atoms with Crippen LogP contribution in [0.3, 0.4) is 0 Å². The second-order valence-electron chi connectivity index (χ2n) is 3.61. The average Bonchev–Trinajstić information content (AvgIpc) is 2.22. The van der Waals surface area contributed by atoms with E-state index in [0.717, 1.165) is 32.1 Å². The number of ether oxygens (including phenoxy) is 1. The summed E-state index contributed by atoms with van der Waals surface area (Å²) in [6, 6.07) is 0. The van der Waals surface area contributed by atoms with E-state index in [-0.39, 0.29) is 12.6 Å². The van der Waals surface area contributed by atoms with Crippen molar-refractivity contribution >= 4 is 5.97 Å². The molecule has 0 aliphatic rings. The Hall–Kier alpha value is -0.570. The molecular weight excluding hydrogens is 180 g/mol. The van der Waals surface area contributed by atoms with Gasteiger partial charge < -0.3 is 9.84 Å². The minimum absolute atomic E-state index is 0.125. The molecule has 0 saturated heterocycles. The molecule has 3 heteroatoms. The van der Waals surface area contributed by atoms with Crippen molar-refractivity contribution in [1.29, 1.82) is 0 Å². The summed E-state index contributed by atoms with van der Waals surface area (Å²) in [6.45, 7) is 2.41. The molecule has 0 fully saturated rings. The van der Waals surface area contributed by atoms with Gasteiger partial charge in [0.2, 0.25) is 0 Å². The fourth-order valence-electron chi connectivity index (χ4n) is 1.54. The molecule has 1 N–H and O–H groups in total. The molecule has 0 heterocycles. The van der Waals surface area contributed by atoms with Gasteiger partial charge >= 0.3 is 5.97 Å². The number of rotatable bonds is 8. The van der Waals surface area contributed by atoms with Gasteiger partial charge in [0.25, 0.3) is 0 Å². The van der Waals surface area contributed by atoms with E-state index in [9.17, 15) is 4.79 Å². The minimum atomic E-state index is -0.125. The van der Waals surface area contributed by atoms with Crippen molar-refractivity contribution in [2.75, 3.05) is 13.7 Å². The van der Waals surface area contributed by atoms with Crippen molar-refractivity contribution in [3.63, 3.8) is 0 Å². The Morgan fingerprint density at radius 3 is 2.57 bits per heavy atom. The molecular formula is C11H22O3. The molecule has 0 aromatic rings. The van der Waals surface area contributed by atoms with Crippen LogP contribution in [0.4, 0.5) is 0 Å². The van der Waals surface area contributed by atoms with Gasteiger partial charge in [0, 0.05) is 13.0 Å². The average molecular weight is 202 g/mol. The number of hydrogen-bond donors (Lipinski definition) is 1. The zero-order chi connectivity index (χ0) is 10.8. The van der Waals surface area contributed by atoms with Crippen molar-refractivity contribution in [3.8, 4) is 0 Å². The summed E-state index contributed by atoms with van der Waals surface area (Å²) in [7, 11) is 1.42. The normalized spacial score (nSPS) is 12.5. The number of methoxy groups -OCH3 is 1. The van der Waals surface area contributed by atoms with Gasteiger partial charge in [-0.15, -0.1) is 0 Å². The minimum Gasteiger partial charge on any atom is -0.469 e. The van der Waals surface area contributed by atoms with Crippen molar-refractivity contribution in [1.82, 2.24) is 0 Å². The Morgan fingerprint density at radius 2 is 2.07 bits per heavy atom. The van der Waals surface area contributed by atoms with Gasteiger partial charge in [0.15, 0.2) is 0 Å². The van der Waals surface area contributed by atoms with E-state index in [1.807, 2.05) is 0 Å². The van der Waals surface area contributed by atoms with Crippen LogP contribution >= 0.6 is 0 Å². The number of aliphatic hydroxyl groups is 1. The number of hydrogen-bond acceptors (Lipinski definition) is 3. The summed E-state index contributed by atoms with van der Waals surface area (Å²) >= 11 is 0. The van der Waals surface area contributed by atoms with Gasteiger partial charge in [-0.2, -0.15) is 0 Å². The van der Waals surface area contributed by atoms with Crippen LogP contribution in [0.2, 0.25) is 0 Å². The van der Waals surface area contributed by atoms with E-state index in [1.54, 1.807) is 0 Å². The lowest BCUT2D eigenvalue weighted by Gasteiger charge is -2.12. The van der Waals surface area contributed by atoms with E-state index in [1.165, 1.54) is 7.11 Å². The summed E-state index contributed by atoms with van der Waals surface area (Å²) in [4.78, 5) is 10.8. The zero-order valence-corrected chi connectivity index (χ0v) is 9.29. The Labute approximate surface area is 86.5 Å². The quantitative estimate of drug-likeness (QED) is 0.484. The first-order valence-corrected chi connectivity index (χ1v) is 5.42. The molecule has 0 aliphatic carbocycles. The molecule has 0 aliphatic heterocycles. The fraction of sp³-hybridized carbons (Fsp3) is 0.909.